The molecule has 2 aliphatic rings. The average Bonchev–Trinajstić information content (AvgIpc) is 2.47. The number of methoxy groups -OCH3 is 2. The van der Waals surface area contributed by atoms with Crippen molar-refractivity contribution in [3.05, 3.63) is 0 Å². The van der Waals surface area contributed by atoms with Crippen molar-refractivity contribution in [1.29, 1.82) is 0 Å². The average molecular weight is 254 g/mol. The van der Waals surface area contributed by atoms with Crippen LogP contribution < -0.4 is 0 Å². The first kappa shape index (κ1) is 14.3. The van der Waals surface area contributed by atoms with Gasteiger partial charge in [0.15, 0.2) is 0 Å². The zero-order valence-corrected chi connectivity index (χ0v) is 12.4. The molecule has 0 heterocycles. The molecule has 0 N–H and O–H groups in total. The fraction of sp³-hybridized carbons (Fsp3) is 1.00. The smallest absolute Gasteiger partial charge is 0.0571 e. The molecule has 0 saturated heterocycles. The van der Waals surface area contributed by atoms with E-state index in [1.165, 1.54) is 51.4 Å². The van der Waals surface area contributed by atoms with Crippen LogP contribution in [0.15, 0.2) is 0 Å². The standard InChI is InChI=1S/C16H30O2/c1-12(13-4-8-15(17-2)9-5-13)14-6-10-16(18-3)11-7-14/h12-16H,4-11H2,1-3H3. The number of ether oxygens (including phenoxy) is 2. The van der Waals surface area contributed by atoms with Crippen LogP contribution in [0.4, 0.5) is 0 Å². The summed E-state index contributed by atoms with van der Waals surface area (Å²) in [5, 5.41) is 0. The van der Waals surface area contributed by atoms with Gasteiger partial charge in [-0.25, -0.2) is 0 Å². The van der Waals surface area contributed by atoms with E-state index >= 15 is 0 Å². The molecule has 2 aliphatic carbocycles. The summed E-state index contributed by atoms with van der Waals surface area (Å²) in [7, 11) is 3.72. The molecule has 2 fully saturated rings. The lowest BCUT2D eigenvalue weighted by Gasteiger charge is -2.38. The van der Waals surface area contributed by atoms with Gasteiger partial charge in [0, 0.05) is 14.2 Å². The van der Waals surface area contributed by atoms with E-state index in [1.54, 1.807) is 0 Å². The first-order valence-electron chi connectivity index (χ1n) is 7.80. The van der Waals surface area contributed by atoms with Gasteiger partial charge in [-0.1, -0.05) is 6.92 Å². The summed E-state index contributed by atoms with van der Waals surface area (Å²) in [6.07, 6.45) is 11.7. The molecule has 0 aromatic heterocycles. The van der Waals surface area contributed by atoms with Crippen LogP contribution in [0, 0.1) is 17.8 Å². The quantitative estimate of drug-likeness (QED) is 0.754. The van der Waals surface area contributed by atoms with Crippen molar-refractivity contribution >= 4 is 0 Å². The summed E-state index contributed by atoms with van der Waals surface area (Å²) in [5.41, 5.74) is 0. The van der Waals surface area contributed by atoms with Crippen LogP contribution in [-0.2, 0) is 9.47 Å². The van der Waals surface area contributed by atoms with E-state index in [2.05, 4.69) is 6.92 Å². The molecule has 2 heteroatoms. The Morgan fingerprint density at radius 2 is 1.00 bits per heavy atom. The van der Waals surface area contributed by atoms with Crippen molar-refractivity contribution in [2.45, 2.75) is 70.5 Å². The van der Waals surface area contributed by atoms with E-state index in [9.17, 15) is 0 Å². The molecule has 18 heavy (non-hydrogen) atoms. The molecular weight excluding hydrogens is 224 g/mol. The summed E-state index contributed by atoms with van der Waals surface area (Å²) < 4.78 is 11.0. The molecule has 0 aliphatic heterocycles. The molecule has 0 radical (unpaired) electrons. The maximum atomic E-state index is 5.48. The fourth-order valence-electron chi connectivity index (χ4n) is 4.09. The Hall–Kier alpha value is -0.0800. The Morgan fingerprint density at radius 1 is 0.667 bits per heavy atom. The van der Waals surface area contributed by atoms with Gasteiger partial charge in [0.2, 0.25) is 0 Å². The predicted octanol–water partition coefficient (Wildman–Crippen LogP) is 4.03. The SMILES string of the molecule is COC1CCC(C(C)C2CCC(OC)CC2)CC1. The van der Waals surface area contributed by atoms with Crippen molar-refractivity contribution in [1.82, 2.24) is 0 Å². The van der Waals surface area contributed by atoms with Crippen molar-refractivity contribution in [3.8, 4) is 0 Å². The third-order valence-corrected chi connectivity index (χ3v) is 5.59. The highest BCUT2D eigenvalue weighted by atomic mass is 16.5. The van der Waals surface area contributed by atoms with Crippen LogP contribution in [0.1, 0.15) is 58.3 Å². The van der Waals surface area contributed by atoms with Gasteiger partial charge in [0.25, 0.3) is 0 Å². The molecular formula is C16H30O2. The molecule has 2 saturated carbocycles. The molecule has 0 bridgehead atoms. The molecule has 0 aromatic carbocycles. The van der Waals surface area contributed by atoms with Gasteiger partial charge < -0.3 is 9.47 Å². The highest BCUT2D eigenvalue weighted by molar-refractivity contribution is 4.83. The molecule has 0 amide bonds. The lowest BCUT2D eigenvalue weighted by Crippen LogP contribution is -2.31. The number of hydrogen-bond acceptors (Lipinski definition) is 2. The van der Waals surface area contributed by atoms with Gasteiger partial charge in [-0.3, -0.25) is 0 Å². The third kappa shape index (κ3) is 3.48. The minimum Gasteiger partial charge on any atom is -0.381 e. The molecule has 106 valence electrons. The molecule has 0 unspecified atom stereocenters. The van der Waals surface area contributed by atoms with Crippen molar-refractivity contribution in [2.75, 3.05) is 14.2 Å². The molecule has 2 nitrogen and oxygen atoms in total. The van der Waals surface area contributed by atoms with E-state index in [-0.39, 0.29) is 0 Å². The Bertz CT molecular complexity index is 201. The van der Waals surface area contributed by atoms with Crippen LogP contribution in [0.5, 0.6) is 0 Å². The van der Waals surface area contributed by atoms with E-state index < -0.39 is 0 Å². The first-order valence-corrected chi connectivity index (χ1v) is 7.80. The normalized spacial score (nSPS) is 39.5. The second-order valence-electron chi connectivity index (χ2n) is 6.40. The Kier molecular flexibility index (Phi) is 5.50. The van der Waals surface area contributed by atoms with E-state index in [0.717, 1.165) is 17.8 Å². The summed E-state index contributed by atoms with van der Waals surface area (Å²) in [6, 6.07) is 0. The minimum absolute atomic E-state index is 0.540. The number of hydrogen-bond donors (Lipinski definition) is 0. The van der Waals surface area contributed by atoms with Gasteiger partial charge in [-0.2, -0.15) is 0 Å². The highest BCUT2D eigenvalue weighted by Gasteiger charge is 2.32. The van der Waals surface area contributed by atoms with E-state index in [0.29, 0.717) is 12.2 Å². The van der Waals surface area contributed by atoms with Gasteiger partial charge in [-0.05, 0) is 69.1 Å². The highest BCUT2D eigenvalue weighted by Crippen LogP contribution is 2.40. The van der Waals surface area contributed by atoms with Crippen LogP contribution in [-0.4, -0.2) is 26.4 Å². The molecule has 0 atom stereocenters. The summed E-state index contributed by atoms with van der Waals surface area (Å²) in [6.45, 7) is 2.50. The fourth-order valence-corrected chi connectivity index (χ4v) is 4.09. The Balaban J connectivity index is 1.76. The lowest BCUT2D eigenvalue weighted by atomic mass is 9.70. The van der Waals surface area contributed by atoms with Crippen molar-refractivity contribution < 1.29 is 9.47 Å². The van der Waals surface area contributed by atoms with Crippen molar-refractivity contribution in [3.63, 3.8) is 0 Å². The van der Waals surface area contributed by atoms with Crippen LogP contribution in [0.25, 0.3) is 0 Å². The summed E-state index contributed by atoms with van der Waals surface area (Å²) >= 11 is 0. The zero-order valence-electron chi connectivity index (χ0n) is 12.4. The molecule has 0 aromatic rings. The monoisotopic (exact) mass is 254 g/mol. The number of rotatable bonds is 4. The zero-order chi connectivity index (χ0) is 13.0. The summed E-state index contributed by atoms with van der Waals surface area (Å²) in [4.78, 5) is 0. The van der Waals surface area contributed by atoms with Crippen LogP contribution in [0.3, 0.4) is 0 Å². The van der Waals surface area contributed by atoms with Crippen LogP contribution in [0.2, 0.25) is 0 Å². The Labute approximate surface area is 112 Å². The van der Waals surface area contributed by atoms with Gasteiger partial charge in [0.1, 0.15) is 0 Å². The van der Waals surface area contributed by atoms with Gasteiger partial charge >= 0.3 is 0 Å². The second-order valence-corrected chi connectivity index (χ2v) is 6.40. The van der Waals surface area contributed by atoms with Gasteiger partial charge in [0.05, 0.1) is 12.2 Å². The largest absolute Gasteiger partial charge is 0.381 e. The van der Waals surface area contributed by atoms with E-state index in [1.807, 2.05) is 14.2 Å². The molecule has 0 spiro atoms. The predicted molar refractivity (Wildman–Crippen MR) is 74.7 cm³/mol. The Morgan fingerprint density at radius 3 is 1.28 bits per heavy atom. The van der Waals surface area contributed by atoms with Gasteiger partial charge in [-0.15, -0.1) is 0 Å². The second kappa shape index (κ2) is 6.91. The van der Waals surface area contributed by atoms with Crippen LogP contribution >= 0.6 is 0 Å². The maximum Gasteiger partial charge on any atom is 0.0571 e. The molecule has 2 rings (SSSR count). The first-order chi connectivity index (χ1) is 8.74. The maximum absolute atomic E-state index is 5.48. The lowest BCUT2D eigenvalue weighted by molar-refractivity contribution is 0.0196. The van der Waals surface area contributed by atoms with E-state index in [4.69, 9.17) is 9.47 Å². The summed E-state index contributed by atoms with van der Waals surface area (Å²) in [5.74, 6) is 2.79. The topological polar surface area (TPSA) is 18.5 Å². The minimum atomic E-state index is 0.540. The third-order valence-electron chi connectivity index (χ3n) is 5.59. The van der Waals surface area contributed by atoms with Crippen molar-refractivity contribution in [2.24, 2.45) is 17.8 Å².